The summed E-state index contributed by atoms with van der Waals surface area (Å²) in [6, 6.07) is 7.26. The third-order valence-electron chi connectivity index (χ3n) is 5.43. The number of hydrogen-bond acceptors (Lipinski definition) is 2. The molecule has 1 N–H and O–H groups in total. The number of rotatable bonds is 5. The van der Waals surface area contributed by atoms with Gasteiger partial charge in [0.15, 0.2) is 0 Å². The van der Waals surface area contributed by atoms with E-state index in [0.29, 0.717) is 17.6 Å². The van der Waals surface area contributed by atoms with Gasteiger partial charge in [-0.05, 0) is 62.9 Å². The van der Waals surface area contributed by atoms with E-state index in [4.69, 9.17) is 4.74 Å². The van der Waals surface area contributed by atoms with Gasteiger partial charge in [-0.15, -0.1) is 0 Å². The van der Waals surface area contributed by atoms with Crippen LogP contribution < -0.4 is 10.1 Å². The molecule has 1 spiro atoms. The van der Waals surface area contributed by atoms with E-state index in [0.717, 1.165) is 12.3 Å². The molecule has 116 valence electrons. The van der Waals surface area contributed by atoms with Crippen LogP contribution in [0, 0.1) is 19.3 Å². The Morgan fingerprint density at radius 1 is 1.14 bits per heavy atom. The van der Waals surface area contributed by atoms with Crippen molar-refractivity contribution < 1.29 is 4.74 Å². The summed E-state index contributed by atoms with van der Waals surface area (Å²) in [5.74, 6) is 1.07. The Kier molecular flexibility index (Phi) is 4.26. The third-order valence-corrected chi connectivity index (χ3v) is 5.43. The van der Waals surface area contributed by atoms with E-state index in [1.54, 1.807) is 0 Å². The maximum absolute atomic E-state index is 6.42. The highest BCUT2D eigenvalue weighted by molar-refractivity contribution is 5.33. The van der Waals surface area contributed by atoms with E-state index in [1.807, 2.05) is 0 Å². The fraction of sp³-hybridized carbons (Fsp3) is 0.684. The van der Waals surface area contributed by atoms with Crippen molar-refractivity contribution in [3.05, 3.63) is 29.3 Å². The standard InChI is InChI=1S/C19H29NO/c1-4-9-20-17-13-18(19(17)7-5-6-8-19)21-16-11-14(2)10-15(3)12-16/h10-12,17-18,20H,4-9,13H2,1-3H3. The van der Waals surface area contributed by atoms with E-state index in [9.17, 15) is 0 Å². The van der Waals surface area contributed by atoms with Gasteiger partial charge in [0.1, 0.15) is 11.9 Å². The van der Waals surface area contributed by atoms with E-state index < -0.39 is 0 Å². The summed E-state index contributed by atoms with van der Waals surface area (Å²) in [5, 5.41) is 3.76. The molecule has 0 saturated heterocycles. The molecule has 0 heterocycles. The Labute approximate surface area is 129 Å². The topological polar surface area (TPSA) is 21.3 Å². The van der Waals surface area contributed by atoms with Crippen molar-refractivity contribution in [1.82, 2.24) is 5.32 Å². The minimum Gasteiger partial charge on any atom is -0.490 e. The zero-order valence-electron chi connectivity index (χ0n) is 13.7. The van der Waals surface area contributed by atoms with Crippen molar-refractivity contribution in [2.24, 2.45) is 5.41 Å². The van der Waals surface area contributed by atoms with Crippen LogP contribution in [0.5, 0.6) is 5.75 Å². The number of hydrogen-bond donors (Lipinski definition) is 1. The fourth-order valence-corrected chi connectivity index (χ4v) is 4.39. The highest BCUT2D eigenvalue weighted by Gasteiger charge is 2.57. The first-order valence-corrected chi connectivity index (χ1v) is 8.62. The molecule has 2 aliphatic carbocycles. The average Bonchev–Trinajstić information content (AvgIpc) is 2.93. The van der Waals surface area contributed by atoms with Crippen LogP contribution in [0.2, 0.25) is 0 Å². The lowest BCUT2D eigenvalue weighted by atomic mass is 9.60. The highest BCUT2D eigenvalue weighted by atomic mass is 16.5. The second-order valence-electron chi connectivity index (χ2n) is 7.11. The van der Waals surface area contributed by atoms with Crippen LogP contribution in [-0.2, 0) is 0 Å². The van der Waals surface area contributed by atoms with Crippen molar-refractivity contribution in [1.29, 1.82) is 0 Å². The summed E-state index contributed by atoms with van der Waals surface area (Å²) in [6.07, 6.45) is 8.22. The van der Waals surface area contributed by atoms with Gasteiger partial charge >= 0.3 is 0 Å². The van der Waals surface area contributed by atoms with E-state index >= 15 is 0 Å². The molecular weight excluding hydrogens is 258 g/mol. The first-order chi connectivity index (χ1) is 10.1. The number of ether oxygens (including phenoxy) is 1. The Hall–Kier alpha value is -1.02. The van der Waals surface area contributed by atoms with E-state index in [1.165, 1.54) is 49.7 Å². The molecule has 2 unspecified atom stereocenters. The molecule has 21 heavy (non-hydrogen) atoms. The molecule has 2 atom stereocenters. The lowest BCUT2D eigenvalue weighted by molar-refractivity contribution is -0.0760. The normalized spacial score (nSPS) is 26.8. The van der Waals surface area contributed by atoms with Gasteiger partial charge in [-0.3, -0.25) is 0 Å². The summed E-state index contributed by atoms with van der Waals surface area (Å²) in [6.45, 7) is 7.69. The van der Waals surface area contributed by atoms with Gasteiger partial charge in [0.25, 0.3) is 0 Å². The van der Waals surface area contributed by atoms with Crippen molar-refractivity contribution in [2.75, 3.05) is 6.54 Å². The summed E-state index contributed by atoms with van der Waals surface area (Å²) >= 11 is 0. The van der Waals surface area contributed by atoms with Crippen molar-refractivity contribution in [2.45, 2.75) is 71.4 Å². The summed E-state index contributed by atoms with van der Waals surface area (Å²) in [4.78, 5) is 0. The summed E-state index contributed by atoms with van der Waals surface area (Å²) < 4.78 is 6.42. The van der Waals surface area contributed by atoms with Gasteiger partial charge in [0.05, 0.1) is 0 Å². The first-order valence-electron chi connectivity index (χ1n) is 8.62. The Balaban J connectivity index is 1.71. The number of nitrogens with one attached hydrogen (secondary N) is 1. The molecule has 0 amide bonds. The SMILES string of the molecule is CCCNC1CC(Oc2cc(C)cc(C)c2)C12CCCC2. The maximum Gasteiger partial charge on any atom is 0.120 e. The molecule has 1 aromatic rings. The Morgan fingerprint density at radius 3 is 2.43 bits per heavy atom. The Bertz CT molecular complexity index is 470. The van der Waals surface area contributed by atoms with Crippen LogP contribution in [0.15, 0.2) is 18.2 Å². The molecule has 2 nitrogen and oxygen atoms in total. The highest BCUT2D eigenvalue weighted by Crippen LogP contribution is 2.54. The zero-order chi connectivity index (χ0) is 14.9. The predicted octanol–water partition coefficient (Wildman–Crippen LogP) is 4.38. The fourth-order valence-electron chi connectivity index (χ4n) is 4.39. The smallest absolute Gasteiger partial charge is 0.120 e. The molecule has 2 fully saturated rings. The second-order valence-corrected chi connectivity index (χ2v) is 7.11. The zero-order valence-corrected chi connectivity index (χ0v) is 13.7. The molecule has 0 aliphatic heterocycles. The summed E-state index contributed by atoms with van der Waals surface area (Å²) in [5.41, 5.74) is 3.00. The van der Waals surface area contributed by atoms with Crippen LogP contribution in [0.4, 0.5) is 0 Å². The van der Waals surface area contributed by atoms with Gasteiger partial charge in [0.2, 0.25) is 0 Å². The van der Waals surface area contributed by atoms with E-state index in [2.05, 4.69) is 44.3 Å². The van der Waals surface area contributed by atoms with Crippen LogP contribution in [0.25, 0.3) is 0 Å². The molecule has 1 aromatic carbocycles. The van der Waals surface area contributed by atoms with Crippen LogP contribution in [0.3, 0.4) is 0 Å². The van der Waals surface area contributed by atoms with Crippen molar-refractivity contribution in [3.8, 4) is 5.75 Å². The van der Waals surface area contributed by atoms with Gasteiger partial charge in [-0.25, -0.2) is 0 Å². The molecule has 2 saturated carbocycles. The molecule has 3 rings (SSSR count). The lowest BCUT2D eigenvalue weighted by Crippen LogP contribution is -2.63. The minimum absolute atomic E-state index is 0.410. The van der Waals surface area contributed by atoms with Gasteiger partial charge in [-0.2, -0.15) is 0 Å². The van der Waals surface area contributed by atoms with Gasteiger partial charge < -0.3 is 10.1 Å². The van der Waals surface area contributed by atoms with Crippen LogP contribution >= 0.6 is 0 Å². The molecule has 2 aliphatic rings. The quantitative estimate of drug-likeness (QED) is 0.867. The van der Waals surface area contributed by atoms with Gasteiger partial charge in [-0.1, -0.05) is 25.8 Å². The maximum atomic E-state index is 6.42. The van der Waals surface area contributed by atoms with Crippen LogP contribution in [0.1, 0.15) is 56.6 Å². The van der Waals surface area contributed by atoms with Gasteiger partial charge in [0, 0.05) is 17.9 Å². The van der Waals surface area contributed by atoms with E-state index in [-0.39, 0.29) is 0 Å². The minimum atomic E-state index is 0.410. The summed E-state index contributed by atoms with van der Waals surface area (Å²) in [7, 11) is 0. The number of aryl methyl sites for hydroxylation is 2. The largest absolute Gasteiger partial charge is 0.490 e. The third kappa shape index (κ3) is 2.83. The molecule has 0 radical (unpaired) electrons. The van der Waals surface area contributed by atoms with Crippen LogP contribution in [-0.4, -0.2) is 18.7 Å². The average molecular weight is 287 g/mol. The monoisotopic (exact) mass is 287 g/mol. The lowest BCUT2D eigenvalue weighted by Gasteiger charge is -2.54. The van der Waals surface area contributed by atoms with Crippen molar-refractivity contribution >= 4 is 0 Å². The first kappa shape index (κ1) is 14.9. The molecule has 0 aromatic heterocycles. The molecule has 2 heteroatoms. The predicted molar refractivity (Wildman–Crippen MR) is 87.9 cm³/mol. The molecule has 0 bridgehead atoms. The van der Waals surface area contributed by atoms with Crippen molar-refractivity contribution in [3.63, 3.8) is 0 Å². The Morgan fingerprint density at radius 2 is 1.81 bits per heavy atom. The number of benzene rings is 1. The molecular formula is C19H29NO. The second kappa shape index (κ2) is 6.00.